The van der Waals surface area contributed by atoms with Gasteiger partial charge in [0.25, 0.3) is 0 Å². The average Bonchev–Trinajstić information content (AvgIpc) is 2.12. The van der Waals surface area contributed by atoms with E-state index in [0.29, 0.717) is 5.46 Å². The minimum absolute atomic E-state index is 0.160. The Hall–Kier alpha value is -1.04. The summed E-state index contributed by atoms with van der Waals surface area (Å²) in [7, 11) is -1.15. The van der Waals surface area contributed by atoms with Crippen LogP contribution in [-0.4, -0.2) is 33.6 Å². The summed E-state index contributed by atoms with van der Waals surface area (Å²) in [4.78, 5) is 0. The first-order valence-corrected chi connectivity index (χ1v) is 6.34. The number of rotatable bonds is 4. The number of benzene rings is 1. The smallest absolute Gasteiger partial charge is 0.492 e. The predicted octanol–water partition coefficient (Wildman–Crippen LogP) is 1.26. The Morgan fingerprint density at radius 2 is 1.47 bits per heavy atom. The summed E-state index contributed by atoms with van der Waals surface area (Å²) in [6, 6.07) is 3.15. The van der Waals surface area contributed by atoms with Crippen molar-refractivity contribution in [1.82, 2.24) is 0 Å². The summed E-state index contributed by atoms with van der Waals surface area (Å²) in [5.41, 5.74) is 0.110. The molecule has 0 saturated heterocycles. The maximum absolute atomic E-state index is 10.3. The van der Waals surface area contributed by atoms with Gasteiger partial charge in [-0.2, -0.15) is 0 Å². The Balaban J connectivity index is 3.06. The van der Waals surface area contributed by atoms with Gasteiger partial charge in [-0.05, 0) is 70.3 Å². The fourth-order valence-corrected chi connectivity index (χ4v) is 1.82. The number of aliphatic hydroxyl groups is 1. The summed E-state index contributed by atoms with van der Waals surface area (Å²) < 4.78 is 5.61. The molecule has 0 bridgehead atoms. The molecule has 0 unspecified atom stereocenters. The van der Waals surface area contributed by atoms with Gasteiger partial charge in [0.2, 0.25) is 0 Å². The second-order valence-electron chi connectivity index (χ2n) is 6.03. The van der Waals surface area contributed by atoms with Crippen LogP contribution in [0.5, 0.6) is 5.75 Å². The van der Waals surface area contributed by atoms with Gasteiger partial charge >= 0.3 is 7.12 Å². The number of phenolic OH excluding ortho intramolecular Hbond substituents is 1. The van der Waals surface area contributed by atoms with Gasteiger partial charge in [0, 0.05) is 0 Å². The number of hydrogen-bond acceptors (Lipinski definition) is 4. The van der Waals surface area contributed by atoms with Crippen molar-refractivity contribution in [2.75, 3.05) is 0 Å². The first-order chi connectivity index (χ1) is 8.45. The quantitative estimate of drug-likeness (QED) is 0.718. The second-order valence-corrected chi connectivity index (χ2v) is 6.03. The summed E-state index contributed by atoms with van der Waals surface area (Å²) in [6.07, 6.45) is 0. The average molecular weight is 266 g/mol. The van der Waals surface area contributed by atoms with E-state index >= 15 is 0 Å². The molecule has 0 radical (unpaired) electrons. The monoisotopic (exact) mass is 266 g/mol. The van der Waals surface area contributed by atoms with Crippen molar-refractivity contribution >= 4 is 12.6 Å². The maximum atomic E-state index is 10.3. The molecule has 0 spiro atoms. The topological polar surface area (TPSA) is 69.9 Å². The van der Waals surface area contributed by atoms with E-state index in [1.165, 1.54) is 0 Å². The standard InChI is InChI=1S/C14H23BO4/c1-9-7-11(16)8-10(2)12(9)15(18)19-14(5,6)13(3,4)17/h7-8,16-18H,1-6H3. The zero-order chi connectivity index (χ0) is 15.0. The second kappa shape index (κ2) is 5.15. The molecule has 0 heterocycles. The van der Waals surface area contributed by atoms with Crippen molar-refractivity contribution < 1.29 is 19.9 Å². The highest BCUT2D eigenvalue weighted by Crippen LogP contribution is 2.26. The number of hydrogen-bond donors (Lipinski definition) is 3. The lowest BCUT2D eigenvalue weighted by molar-refractivity contribution is -0.0982. The van der Waals surface area contributed by atoms with Crippen LogP contribution in [0.1, 0.15) is 38.8 Å². The van der Waals surface area contributed by atoms with E-state index in [1.807, 2.05) is 0 Å². The van der Waals surface area contributed by atoms with Gasteiger partial charge in [-0.25, -0.2) is 0 Å². The molecule has 4 nitrogen and oxygen atoms in total. The predicted molar refractivity (Wildman–Crippen MR) is 76.6 cm³/mol. The van der Waals surface area contributed by atoms with E-state index in [-0.39, 0.29) is 5.75 Å². The van der Waals surface area contributed by atoms with Crippen LogP contribution in [0, 0.1) is 13.8 Å². The van der Waals surface area contributed by atoms with E-state index in [0.717, 1.165) is 11.1 Å². The van der Waals surface area contributed by atoms with E-state index in [1.54, 1.807) is 53.7 Å². The highest BCUT2D eigenvalue weighted by Gasteiger charge is 2.40. The minimum atomic E-state index is -1.15. The molecule has 0 fully saturated rings. The maximum Gasteiger partial charge on any atom is 0.492 e. The van der Waals surface area contributed by atoms with Crippen molar-refractivity contribution in [1.29, 1.82) is 0 Å². The molecule has 1 rings (SSSR count). The summed E-state index contributed by atoms with van der Waals surface area (Å²) in [5.74, 6) is 0.160. The van der Waals surface area contributed by atoms with Gasteiger partial charge in [-0.3, -0.25) is 0 Å². The molecular formula is C14H23BO4. The largest absolute Gasteiger partial charge is 0.508 e. The third-order valence-corrected chi connectivity index (χ3v) is 3.71. The Morgan fingerprint density at radius 1 is 1.05 bits per heavy atom. The lowest BCUT2D eigenvalue weighted by atomic mass is 9.72. The first kappa shape index (κ1) is 16.0. The van der Waals surface area contributed by atoms with E-state index in [4.69, 9.17) is 4.65 Å². The van der Waals surface area contributed by atoms with Crippen LogP contribution < -0.4 is 5.46 Å². The third kappa shape index (κ3) is 3.50. The molecule has 3 N–H and O–H groups in total. The molecule has 0 amide bonds. The molecule has 0 aliphatic rings. The SMILES string of the molecule is Cc1cc(O)cc(C)c1B(O)OC(C)(C)C(C)(C)O. The molecule has 106 valence electrons. The highest BCUT2D eigenvalue weighted by molar-refractivity contribution is 6.61. The molecule has 0 aliphatic carbocycles. The molecule has 5 heteroatoms. The lowest BCUT2D eigenvalue weighted by Gasteiger charge is -2.38. The summed E-state index contributed by atoms with van der Waals surface area (Å²) in [6.45, 7) is 10.3. The molecule has 1 aromatic carbocycles. The van der Waals surface area contributed by atoms with Crippen LogP contribution in [0.25, 0.3) is 0 Å². The number of aryl methyl sites for hydroxylation is 2. The van der Waals surface area contributed by atoms with Crippen molar-refractivity contribution in [3.8, 4) is 5.75 Å². The van der Waals surface area contributed by atoms with E-state index in [2.05, 4.69) is 0 Å². The Labute approximate surface area is 115 Å². The highest BCUT2D eigenvalue weighted by atomic mass is 16.5. The fourth-order valence-electron chi connectivity index (χ4n) is 1.82. The zero-order valence-corrected chi connectivity index (χ0v) is 12.5. The van der Waals surface area contributed by atoms with Crippen LogP contribution in [0.2, 0.25) is 0 Å². The van der Waals surface area contributed by atoms with Crippen LogP contribution >= 0.6 is 0 Å². The Kier molecular flexibility index (Phi) is 4.35. The molecular weight excluding hydrogens is 243 g/mol. The van der Waals surface area contributed by atoms with E-state index in [9.17, 15) is 15.2 Å². The van der Waals surface area contributed by atoms with Crippen molar-refractivity contribution in [3.63, 3.8) is 0 Å². The molecule has 1 aromatic rings. The zero-order valence-electron chi connectivity index (χ0n) is 12.5. The van der Waals surface area contributed by atoms with Gasteiger partial charge in [-0.15, -0.1) is 0 Å². The van der Waals surface area contributed by atoms with Crippen molar-refractivity contribution in [2.24, 2.45) is 0 Å². The lowest BCUT2D eigenvalue weighted by Crippen LogP contribution is -2.53. The normalized spacial score (nSPS) is 12.6. The van der Waals surface area contributed by atoms with Crippen LogP contribution in [0.15, 0.2) is 12.1 Å². The Bertz CT molecular complexity index is 440. The van der Waals surface area contributed by atoms with Crippen molar-refractivity contribution in [2.45, 2.75) is 52.7 Å². The summed E-state index contributed by atoms with van der Waals surface area (Å²) in [5, 5.41) is 29.8. The van der Waals surface area contributed by atoms with Gasteiger partial charge < -0.3 is 19.9 Å². The first-order valence-electron chi connectivity index (χ1n) is 6.34. The van der Waals surface area contributed by atoms with E-state index < -0.39 is 18.3 Å². The van der Waals surface area contributed by atoms with Crippen LogP contribution in [-0.2, 0) is 4.65 Å². The van der Waals surface area contributed by atoms with Gasteiger partial charge in [-0.1, -0.05) is 0 Å². The molecule has 0 saturated carbocycles. The van der Waals surface area contributed by atoms with Crippen LogP contribution in [0.3, 0.4) is 0 Å². The van der Waals surface area contributed by atoms with Crippen molar-refractivity contribution in [3.05, 3.63) is 23.3 Å². The number of aromatic hydroxyl groups is 1. The summed E-state index contributed by atoms with van der Waals surface area (Å²) >= 11 is 0. The number of phenols is 1. The van der Waals surface area contributed by atoms with Gasteiger partial charge in [0.05, 0.1) is 11.2 Å². The minimum Gasteiger partial charge on any atom is -0.508 e. The fraction of sp³-hybridized carbons (Fsp3) is 0.571. The molecule has 19 heavy (non-hydrogen) atoms. The van der Waals surface area contributed by atoms with Gasteiger partial charge in [0.15, 0.2) is 0 Å². The van der Waals surface area contributed by atoms with Crippen LogP contribution in [0.4, 0.5) is 0 Å². The Morgan fingerprint density at radius 3 is 1.84 bits per heavy atom. The molecule has 0 aromatic heterocycles. The molecule has 0 atom stereocenters. The third-order valence-electron chi connectivity index (χ3n) is 3.71. The van der Waals surface area contributed by atoms with Gasteiger partial charge in [0.1, 0.15) is 5.75 Å². The molecule has 0 aliphatic heterocycles.